The van der Waals surface area contributed by atoms with Crippen molar-refractivity contribution in [3.63, 3.8) is 0 Å². The molecule has 0 bridgehead atoms. The van der Waals surface area contributed by atoms with Crippen molar-refractivity contribution in [1.82, 2.24) is 5.32 Å². The second-order valence-electron chi connectivity index (χ2n) is 5.67. The third-order valence-corrected chi connectivity index (χ3v) is 3.76. The molecule has 0 aliphatic carbocycles. The van der Waals surface area contributed by atoms with E-state index in [1.807, 2.05) is 58.0 Å². The predicted molar refractivity (Wildman–Crippen MR) is 89.7 cm³/mol. The molecule has 0 aliphatic heterocycles. The summed E-state index contributed by atoms with van der Waals surface area (Å²) in [5.41, 5.74) is 5.27. The summed E-state index contributed by atoms with van der Waals surface area (Å²) in [6.07, 6.45) is 0. The van der Waals surface area contributed by atoms with Crippen LogP contribution in [0, 0.1) is 27.7 Å². The molecule has 0 saturated carbocycles. The van der Waals surface area contributed by atoms with E-state index in [-0.39, 0.29) is 5.91 Å². The molecule has 0 spiro atoms. The van der Waals surface area contributed by atoms with E-state index in [9.17, 15) is 4.79 Å². The van der Waals surface area contributed by atoms with Crippen LogP contribution in [0.15, 0.2) is 36.4 Å². The monoisotopic (exact) mass is 297 g/mol. The molecule has 0 aromatic heterocycles. The van der Waals surface area contributed by atoms with Crippen LogP contribution in [-0.2, 0) is 0 Å². The number of nitrogens with one attached hydrogen (secondary N) is 1. The van der Waals surface area contributed by atoms with Crippen LogP contribution in [0.5, 0.6) is 5.75 Å². The van der Waals surface area contributed by atoms with Gasteiger partial charge in [0.25, 0.3) is 5.91 Å². The Hall–Kier alpha value is -2.29. The van der Waals surface area contributed by atoms with Gasteiger partial charge in [0.2, 0.25) is 0 Å². The van der Waals surface area contributed by atoms with Gasteiger partial charge in [-0.2, -0.15) is 0 Å². The SMILES string of the molecule is Cc1ccc(C)c(OCCNC(=O)c2ccc(C)c(C)c2)c1. The number of ether oxygens (including phenoxy) is 1. The van der Waals surface area contributed by atoms with Gasteiger partial charge in [0.05, 0.1) is 6.54 Å². The molecule has 0 unspecified atom stereocenters. The van der Waals surface area contributed by atoms with Crippen molar-refractivity contribution in [2.45, 2.75) is 27.7 Å². The van der Waals surface area contributed by atoms with Crippen LogP contribution in [0.2, 0.25) is 0 Å². The van der Waals surface area contributed by atoms with Crippen LogP contribution in [0.25, 0.3) is 0 Å². The largest absolute Gasteiger partial charge is 0.491 e. The number of hydrogen-bond donors (Lipinski definition) is 1. The summed E-state index contributed by atoms with van der Waals surface area (Å²) < 4.78 is 5.73. The average molecular weight is 297 g/mol. The first kappa shape index (κ1) is 16.1. The predicted octanol–water partition coefficient (Wildman–Crippen LogP) is 3.73. The smallest absolute Gasteiger partial charge is 0.251 e. The second kappa shape index (κ2) is 7.12. The standard InChI is InChI=1S/C19H23NO2/c1-13-5-6-15(3)18(11-13)22-10-9-20-19(21)17-8-7-14(2)16(4)12-17/h5-8,11-12H,9-10H2,1-4H3,(H,20,21). The minimum absolute atomic E-state index is 0.0623. The Morgan fingerprint density at radius 2 is 1.68 bits per heavy atom. The van der Waals surface area contributed by atoms with Crippen LogP contribution in [0.4, 0.5) is 0 Å². The second-order valence-corrected chi connectivity index (χ2v) is 5.67. The van der Waals surface area contributed by atoms with Gasteiger partial charge in [-0.05, 0) is 68.1 Å². The van der Waals surface area contributed by atoms with E-state index in [4.69, 9.17) is 4.74 Å². The minimum Gasteiger partial charge on any atom is -0.491 e. The fourth-order valence-corrected chi connectivity index (χ4v) is 2.17. The highest BCUT2D eigenvalue weighted by atomic mass is 16.5. The summed E-state index contributed by atoms with van der Waals surface area (Å²) in [5.74, 6) is 0.813. The molecule has 0 atom stereocenters. The number of amides is 1. The van der Waals surface area contributed by atoms with E-state index in [1.54, 1.807) is 0 Å². The Morgan fingerprint density at radius 3 is 2.41 bits per heavy atom. The van der Waals surface area contributed by atoms with E-state index in [0.29, 0.717) is 18.7 Å². The molecule has 1 N–H and O–H groups in total. The molecule has 0 fully saturated rings. The normalized spacial score (nSPS) is 10.4. The summed E-state index contributed by atoms with van der Waals surface area (Å²) >= 11 is 0. The van der Waals surface area contributed by atoms with Gasteiger partial charge >= 0.3 is 0 Å². The fraction of sp³-hybridized carbons (Fsp3) is 0.316. The summed E-state index contributed by atoms with van der Waals surface area (Å²) in [6.45, 7) is 9.04. The highest BCUT2D eigenvalue weighted by Crippen LogP contribution is 2.18. The Balaban J connectivity index is 1.84. The maximum absolute atomic E-state index is 12.1. The first-order valence-electron chi connectivity index (χ1n) is 7.53. The van der Waals surface area contributed by atoms with E-state index >= 15 is 0 Å². The molecule has 1 amide bonds. The molecule has 2 aromatic rings. The third kappa shape index (κ3) is 4.10. The van der Waals surface area contributed by atoms with Crippen LogP contribution in [0.1, 0.15) is 32.6 Å². The van der Waals surface area contributed by atoms with Crippen LogP contribution >= 0.6 is 0 Å². The van der Waals surface area contributed by atoms with Crippen molar-refractivity contribution in [1.29, 1.82) is 0 Å². The lowest BCUT2D eigenvalue weighted by Gasteiger charge is -2.11. The molecule has 0 saturated heterocycles. The van der Waals surface area contributed by atoms with Crippen molar-refractivity contribution < 1.29 is 9.53 Å². The van der Waals surface area contributed by atoms with Crippen LogP contribution in [-0.4, -0.2) is 19.1 Å². The highest BCUT2D eigenvalue weighted by Gasteiger charge is 2.06. The third-order valence-electron chi connectivity index (χ3n) is 3.76. The van der Waals surface area contributed by atoms with E-state index in [2.05, 4.69) is 11.4 Å². The van der Waals surface area contributed by atoms with Crippen molar-refractivity contribution in [2.75, 3.05) is 13.2 Å². The zero-order valence-corrected chi connectivity index (χ0v) is 13.7. The van der Waals surface area contributed by atoms with Gasteiger partial charge in [-0.25, -0.2) is 0 Å². The zero-order valence-electron chi connectivity index (χ0n) is 13.7. The van der Waals surface area contributed by atoms with Gasteiger partial charge in [0, 0.05) is 5.56 Å². The first-order chi connectivity index (χ1) is 10.5. The molecule has 0 aliphatic rings. The van der Waals surface area contributed by atoms with E-state index in [0.717, 1.165) is 16.9 Å². The lowest BCUT2D eigenvalue weighted by atomic mass is 10.1. The minimum atomic E-state index is -0.0623. The maximum Gasteiger partial charge on any atom is 0.251 e. The number of carbonyl (C=O) groups excluding carboxylic acids is 1. The number of aryl methyl sites for hydroxylation is 4. The molecular weight excluding hydrogens is 274 g/mol. The van der Waals surface area contributed by atoms with Crippen molar-refractivity contribution in [3.05, 3.63) is 64.2 Å². The highest BCUT2D eigenvalue weighted by molar-refractivity contribution is 5.94. The summed E-state index contributed by atoms with van der Waals surface area (Å²) in [7, 11) is 0. The van der Waals surface area contributed by atoms with Gasteiger partial charge in [-0.1, -0.05) is 18.2 Å². The lowest BCUT2D eigenvalue weighted by Crippen LogP contribution is -2.28. The van der Waals surface area contributed by atoms with Crippen molar-refractivity contribution in [3.8, 4) is 5.75 Å². The molecular formula is C19H23NO2. The lowest BCUT2D eigenvalue weighted by molar-refractivity contribution is 0.0947. The van der Waals surface area contributed by atoms with Gasteiger partial charge in [-0.3, -0.25) is 4.79 Å². The summed E-state index contributed by atoms with van der Waals surface area (Å²) in [4.78, 5) is 12.1. The Bertz CT molecular complexity index is 677. The molecule has 116 valence electrons. The molecule has 3 nitrogen and oxygen atoms in total. The Labute approximate surface area is 132 Å². The first-order valence-corrected chi connectivity index (χ1v) is 7.53. The van der Waals surface area contributed by atoms with Gasteiger partial charge in [-0.15, -0.1) is 0 Å². The van der Waals surface area contributed by atoms with Crippen LogP contribution in [0.3, 0.4) is 0 Å². The molecule has 0 heterocycles. The number of benzene rings is 2. The Morgan fingerprint density at radius 1 is 0.955 bits per heavy atom. The number of hydrogen-bond acceptors (Lipinski definition) is 2. The molecule has 22 heavy (non-hydrogen) atoms. The molecule has 2 aromatic carbocycles. The van der Waals surface area contributed by atoms with Crippen molar-refractivity contribution in [2.24, 2.45) is 0 Å². The van der Waals surface area contributed by atoms with Gasteiger partial charge < -0.3 is 10.1 Å². The molecule has 3 heteroatoms. The topological polar surface area (TPSA) is 38.3 Å². The molecule has 2 rings (SSSR count). The van der Waals surface area contributed by atoms with E-state index in [1.165, 1.54) is 11.1 Å². The fourth-order valence-electron chi connectivity index (χ4n) is 2.17. The summed E-state index contributed by atoms with van der Waals surface area (Å²) in [5, 5.41) is 2.89. The zero-order chi connectivity index (χ0) is 16.1. The van der Waals surface area contributed by atoms with Crippen molar-refractivity contribution >= 4 is 5.91 Å². The maximum atomic E-state index is 12.1. The van der Waals surface area contributed by atoms with Gasteiger partial charge in [0.15, 0.2) is 0 Å². The quantitative estimate of drug-likeness (QED) is 0.854. The van der Waals surface area contributed by atoms with E-state index < -0.39 is 0 Å². The molecule has 0 radical (unpaired) electrons. The average Bonchev–Trinajstić information content (AvgIpc) is 2.49. The van der Waals surface area contributed by atoms with Gasteiger partial charge in [0.1, 0.15) is 12.4 Å². The van der Waals surface area contributed by atoms with Crippen LogP contribution < -0.4 is 10.1 Å². The number of carbonyl (C=O) groups is 1. The number of rotatable bonds is 5. The summed E-state index contributed by atoms with van der Waals surface area (Å²) in [6, 6.07) is 11.8. The Kier molecular flexibility index (Phi) is 5.21.